The van der Waals surface area contributed by atoms with Gasteiger partial charge < -0.3 is 5.32 Å². The zero-order valence-electron chi connectivity index (χ0n) is 11.4. The highest BCUT2D eigenvalue weighted by Gasteiger charge is 2.39. The maximum absolute atomic E-state index is 14.2. The molecular formula is C14H19Cl4FN2. The van der Waals surface area contributed by atoms with E-state index in [2.05, 4.69) is 10.2 Å². The van der Waals surface area contributed by atoms with E-state index in [0.717, 1.165) is 39.0 Å². The van der Waals surface area contributed by atoms with E-state index in [1.807, 2.05) is 0 Å². The van der Waals surface area contributed by atoms with Gasteiger partial charge in [0.2, 0.25) is 0 Å². The molecular weight excluding hydrogens is 357 g/mol. The molecule has 3 rings (SSSR count). The van der Waals surface area contributed by atoms with E-state index >= 15 is 0 Å². The van der Waals surface area contributed by atoms with Crippen molar-refractivity contribution in [2.45, 2.75) is 18.9 Å². The van der Waals surface area contributed by atoms with Gasteiger partial charge in [-0.3, -0.25) is 4.90 Å². The maximum atomic E-state index is 14.2. The Balaban J connectivity index is 0.00000110. The van der Waals surface area contributed by atoms with E-state index < -0.39 is 0 Å². The first-order chi connectivity index (χ1) is 9.18. The molecule has 1 aromatic rings. The molecule has 0 bridgehead atoms. The minimum Gasteiger partial charge on any atom is -0.314 e. The number of piperazine rings is 1. The molecule has 7 heteroatoms. The third-order valence-electron chi connectivity index (χ3n) is 3.99. The SMILES string of the molecule is Cl.Cl.Fc1ccc(Cl)c(Cl)c1[C@H](C1CC1)N1CCNCC1. The van der Waals surface area contributed by atoms with Crippen molar-refractivity contribution in [2.75, 3.05) is 26.2 Å². The van der Waals surface area contributed by atoms with Crippen LogP contribution >= 0.6 is 48.0 Å². The lowest BCUT2D eigenvalue weighted by atomic mass is 9.99. The van der Waals surface area contributed by atoms with Crippen molar-refractivity contribution in [3.05, 3.63) is 33.6 Å². The van der Waals surface area contributed by atoms with Gasteiger partial charge in [-0.05, 0) is 30.9 Å². The van der Waals surface area contributed by atoms with Gasteiger partial charge in [-0.15, -0.1) is 24.8 Å². The van der Waals surface area contributed by atoms with Crippen LogP contribution in [0.4, 0.5) is 4.39 Å². The van der Waals surface area contributed by atoms with E-state index in [1.165, 1.54) is 12.1 Å². The van der Waals surface area contributed by atoms with E-state index in [0.29, 0.717) is 21.5 Å². The van der Waals surface area contributed by atoms with Crippen molar-refractivity contribution in [1.82, 2.24) is 10.2 Å². The molecule has 120 valence electrons. The van der Waals surface area contributed by atoms with E-state index in [4.69, 9.17) is 23.2 Å². The van der Waals surface area contributed by atoms with Crippen LogP contribution < -0.4 is 5.32 Å². The lowest BCUT2D eigenvalue weighted by Gasteiger charge is -2.36. The van der Waals surface area contributed by atoms with Gasteiger partial charge in [-0.2, -0.15) is 0 Å². The second kappa shape index (κ2) is 8.19. The van der Waals surface area contributed by atoms with Gasteiger partial charge in [0.05, 0.1) is 10.0 Å². The quantitative estimate of drug-likeness (QED) is 0.791. The van der Waals surface area contributed by atoms with Crippen LogP contribution in [0.1, 0.15) is 24.4 Å². The predicted molar refractivity (Wildman–Crippen MR) is 90.8 cm³/mol. The number of nitrogens with zero attached hydrogens (tertiary/aromatic N) is 1. The Hall–Kier alpha value is 0.230. The van der Waals surface area contributed by atoms with Crippen LogP contribution in [0.3, 0.4) is 0 Å². The number of nitrogens with one attached hydrogen (secondary N) is 1. The topological polar surface area (TPSA) is 15.3 Å². The Morgan fingerprint density at radius 2 is 1.76 bits per heavy atom. The van der Waals surface area contributed by atoms with E-state index in [-0.39, 0.29) is 36.7 Å². The molecule has 2 fully saturated rings. The highest BCUT2D eigenvalue weighted by Crippen LogP contribution is 2.48. The van der Waals surface area contributed by atoms with Gasteiger partial charge in [0.25, 0.3) is 0 Å². The van der Waals surface area contributed by atoms with Crippen LogP contribution in [0.15, 0.2) is 12.1 Å². The standard InChI is InChI=1S/C14H17Cl2FN2.2ClH/c15-10-3-4-11(17)12(13(10)16)14(9-1-2-9)19-7-5-18-6-8-19;;/h3-4,9,14,18H,1-2,5-8H2;2*1H/t14-;;/m0../s1. The molecule has 0 aromatic heterocycles. The predicted octanol–water partition coefficient (Wildman–Crippen LogP) is 4.33. The van der Waals surface area contributed by atoms with Gasteiger partial charge in [-0.25, -0.2) is 4.39 Å². The van der Waals surface area contributed by atoms with Gasteiger partial charge in [-0.1, -0.05) is 23.2 Å². The summed E-state index contributed by atoms with van der Waals surface area (Å²) >= 11 is 12.3. The Labute approximate surface area is 147 Å². The monoisotopic (exact) mass is 374 g/mol. The summed E-state index contributed by atoms with van der Waals surface area (Å²) in [5.74, 6) is 0.286. The molecule has 1 atom stereocenters. The second-order valence-corrected chi connectivity index (χ2v) is 6.11. The molecule has 0 amide bonds. The molecule has 0 radical (unpaired) electrons. The smallest absolute Gasteiger partial charge is 0.129 e. The second-order valence-electron chi connectivity index (χ2n) is 5.33. The molecule has 0 unspecified atom stereocenters. The summed E-state index contributed by atoms with van der Waals surface area (Å²) in [7, 11) is 0. The lowest BCUT2D eigenvalue weighted by Crippen LogP contribution is -2.46. The molecule has 1 saturated carbocycles. The fraction of sp³-hybridized carbons (Fsp3) is 0.571. The van der Waals surface area contributed by atoms with Crippen molar-refractivity contribution >= 4 is 48.0 Å². The molecule has 1 aromatic carbocycles. The number of hydrogen-bond acceptors (Lipinski definition) is 2. The first kappa shape index (κ1) is 19.3. The summed E-state index contributed by atoms with van der Waals surface area (Å²) in [5, 5.41) is 4.16. The summed E-state index contributed by atoms with van der Waals surface area (Å²) in [6.07, 6.45) is 2.30. The molecule has 21 heavy (non-hydrogen) atoms. The minimum absolute atomic E-state index is 0. The highest BCUT2D eigenvalue weighted by atomic mass is 35.5. The molecule has 1 N–H and O–H groups in total. The molecule has 2 nitrogen and oxygen atoms in total. The summed E-state index contributed by atoms with van der Waals surface area (Å²) < 4.78 is 14.2. The Morgan fingerprint density at radius 3 is 2.33 bits per heavy atom. The van der Waals surface area contributed by atoms with Crippen molar-refractivity contribution in [2.24, 2.45) is 5.92 Å². The minimum atomic E-state index is -0.232. The molecule has 1 aliphatic heterocycles. The van der Waals surface area contributed by atoms with Crippen LogP contribution in [0.2, 0.25) is 10.0 Å². The highest BCUT2D eigenvalue weighted by molar-refractivity contribution is 6.42. The Morgan fingerprint density at radius 1 is 1.14 bits per heavy atom. The Kier molecular flexibility index (Phi) is 7.51. The van der Waals surface area contributed by atoms with Crippen molar-refractivity contribution in [1.29, 1.82) is 0 Å². The van der Waals surface area contributed by atoms with Crippen LogP contribution in [0.25, 0.3) is 0 Å². The Bertz CT molecular complexity index is 476. The average molecular weight is 376 g/mol. The van der Waals surface area contributed by atoms with Crippen LogP contribution in [-0.2, 0) is 0 Å². The summed E-state index contributed by atoms with van der Waals surface area (Å²) in [6, 6.07) is 3.04. The van der Waals surface area contributed by atoms with Crippen molar-refractivity contribution < 1.29 is 4.39 Å². The van der Waals surface area contributed by atoms with Gasteiger partial charge >= 0.3 is 0 Å². The third-order valence-corrected chi connectivity index (χ3v) is 4.81. The summed E-state index contributed by atoms with van der Waals surface area (Å²) in [5.41, 5.74) is 0.596. The van der Waals surface area contributed by atoms with E-state index in [9.17, 15) is 4.39 Å². The fourth-order valence-electron chi connectivity index (χ4n) is 2.90. The molecule has 1 heterocycles. The maximum Gasteiger partial charge on any atom is 0.129 e. The first-order valence-electron chi connectivity index (χ1n) is 6.76. The fourth-order valence-corrected chi connectivity index (χ4v) is 3.33. The van der Waals surface area contributed by atoms with Crippen molar-refractivity contribution in [3.63, 3.8) is 0 Å². The summed E-state index contributed by atoms with van der Waals surface area (Å²) in [4.78, 5) is 2.34. The normalized spacial score (nSPS) is 20.3. The zero-order valence-corrected chi connectivity index (χ0v) is 14.6. The van der Waals surface area contributed by atoms with Crippen LogP contribution in [-0.4, -0.2) is 31.1 Å². The van der Waals surface area contributed by atoms with Gasteiger partial charge in [0, 0.05) is 37.8 Å². The van der Waals surface area contributed by atoms with Crippen LogP contribution in [0.5, 0.6) is 0 Å². The largest absolute Gasteiger partial charge is 0.314 e. The van der Waals surface area contributed by atoms with Crippen molar-refractivity contribution in [3.8, 4) is 0 Å². The molecule has 1 saturated heterocycles. The third kappa shape index (κ3) is 4.15. The number of hydrogen-bond donors (Lipinski definition) is 1. The van der Waals surface area contributed by atoms with Crippen LogP contribution in [0, 0.1) is 11.7 Å². The summed E-state index contributed by atoms with van der Waals surface area (Å²) in [6.45, 7) is 3.76. The molecule has 0 spiro atoms. The average Bonchev–Trinajstić information content (AvgIpc) is 3.24. The van der Waals surface area contributed by atoms with Gasteiger partial charge in [0.15, 0.2) is 0 Å². The molecule has 2 aliphatic rings. The number of halogens is 5. The first-order valence-corrected chi connectivity index (χ1v) is 7.52. The molecule has 1 aliphatic carbocycles. The number of benzene rings is 1. The lowest BCUT2D eigenvalue weighted by molar-refractivity contribution is 0.153. The van der Waals surface area contributed by atoms with E-state index in [1.54, 1.807) is 0 Å². The number of rotatable bonds is 3. The van der Waals surface area contributed by atoms with Gasteiger partial charge in [0.1, 0.15) is 5.82 Å². The zero-order chi connectivity index (χ0) is 13.4.